The van der Waals surface area contributed by atoms with Crippen molar-refractivity contribution in [1.29, 1.82) is 5.26 Å². The number of anilines is 1. The number of ether oxygens (including phenoxy) is 1. The topological polar surface area (TPSA) is 99.4 Å². The lowest BCUT2D eigenvalue weighted by molar-refractivity contribution is -0.112. The van der Waals surface area contributed by atoms with Gasteiger partial charge in [0.1, 0.15) is 17.6 Å². The highest BCUT2D eigenvalue weighted by atomic mass is 19.1. The molecule has 2 aromatic rings. The Morgan fingerprint density at radius 3 is 2.59 bits per heavy atom. The lowest BCUT2D eigenvalue weighted by Crippen LogP contribution is -2.16. The molecule has 1 amide bonds. The Hall–Kier alpha value is -3.66. The first-order valence-corrected chi connectivity index (χ1v) is 8.03. The van der Waals surface area contributed by atoms with E-state index in [1.807, 2.05) is 0 Å². The standard InChI is InChI=1S/C20H17FN2O4/c1-3-18(24)17(11-22)19(25)23-14-7-8-15(16(10-14)20(26)27-2)12-5-4-6-13(21)9-12/h4-10,24H,3H2,1-2H3,(H,23,25)/b18-17-. The van der Waals surface area contributed by atoms with E-state index in [0.717, 1.165) is 0 Å². The minimum Gasteiger partial charge on any atom is -0.511 e. The summed E-state index contributed by atoms with van der Waals surface area (Å²) in [6.07, 6.45) is 0.127. The van der Waals surface area contributed by atoms with Crippen LogP contribution < -0.4 is 5.32 Å². The number of aliphatic hydroxyl groups is 1. The number of allylic oxidation sites excluding steroid dienone is 1. The normalized spacial score (nSPS) is 11.2. The number of hydrogen-bond acceptors (Lipinski definition) is 5. The third kappa shape index (κ3) is 4.50. The minimum absolute atomic E-state index is 0.114. The molecule has 2 rings (SSSR count). The number of nitrogens with zero attached hydrogens (tertiary/aromatic N) is 1. The fourth-order valence-corrected chi connectivity index (χ4v) is 2.43. The van der Waals surface area contributed by atoms with E-state index in [2.05, 4.69) is 5.32 Å². The highest BCUT2D eigenvalue weighted by Crippen LogP contribution is 2.28. The first kappa shape index (κ1) is 19.7. The molecule has 7 heteroatoms. The molecule has 0 radical (unpaired) electrons. The van der Waals surface area contributed by atoms with Crippen molar-refractivity contribution in [3.05, 3.63) is 65.2 Å². The summed E-state index contributed by atoms with van der Waals surface area (Å²) in [5, 5.41) is 21.1. The molecular formula is C20H17FN2O4. The van der Waals surface area contributed by atoms with Crippen LogP contribution in [0.4, 0.5) is 10.1 Å². The second kappa shape index (κ2) is 8.63. The summed E-state index contributed by atoms with van der Waals surface area (Å²) in [5.41, 5.74) is 0.813. The second-order valence-electron chi connectivity index (χ2n) is 5.50. The van der Waals surface area contributed by atoms with Gasteiger partial charge in [0.05, 0.1) is 12.7 Å². The van der Waals surface area contributed by atoms with E-state index in [1.165, 1.54) is 43.5 Å². The lowest BCUT2D eigenvalue weighted by Gasteiger charge is -2.12. The Labute approximate surface area is 155 Å². The number of esters is 1. The maximum Gasteiger partial charge on any atom is 0.338 e. The number of halogens is 1. The molecule has 6 nitrogen and oxygen atoms in total. The van der Waals surface area contributed by atoms with Gasteiger partial charge in [-0.1, -0.05) is 25.1 Å². The molecule has 0 unspecified atom stereocenters. The van der Waals surface area contributed by atoms with Gasteiger partial charge in [-0.15, -0.1) is 0 Å². The number of methoxy groups -OCH3 is 1. The Balaban J connectivity index is 2.46. The summed E-state index contributed by atoms with van der Waals surface area (Å²) in [7, 11) is 1.21. The van der Waals surface area contributed by atoms with Crippen molar-refractivity contribution in [2.75, 3.05) is 12.4 Å². The van der Waals surface area contributed by atoms with E-state index in [4.69, 9.17) is 10.00 Å². The summed E-state index contributed by atoms with van der Waals surface area (Å²) in [6.45, 7) is 1.60. The van der Waals surface area contributed by atoms with Gasteiger partial charge in [-0.2, -0.15) is 5.26 Å². The molecule has 0 saturated heterocycles. The van der Waals surface area contributed by atoms with Gasteiger partial charge in [-0.3, -0.25) is 4.79 Å². The lowest BCUT2D eigenvalue weighted by atomic mass is 9.98. The second-order valence-corrected chi connectivity index (χ2v) is 5.50. The van der Waals surface area contributed by atoms with Crippen LogP contribution in [0.2, 0.25) is 0 Å². The average Bonchev–Trinajstić information content (AvgIpc) is 2.67. The molecular weight excluding hydrogens is 351 g/mol. The maximum absolute atomic E-state index is 13.5. The van der Waals surface area contributed by atoms with Crippen LogP contribution in [0.5, 0.6) is 0 Å². The maximum atomic E-state index is 13.5. The molecule has 27 heavy (non-hydrogen) atoms. The van der Waals surface area contributed by atoms with E-state index >= 15 is 0 Å². The smallest absolute Gasteiger partial charge is 0.338 e. The SMILES string of the molecule is CC/C(O)=C(\C#N)C(=O)Nc1ccc(-c2cccc(F)c2)c(C(=O)OC)c1. The van der Waals surface area contributed by atoms with Gasteiger partial charge >= 0.3 is 5.97 Å². The molecule has 0 atom stereocenters. The van der Waals surface area contributed by atoms with Crippen LogP contribution in [0, 0.1) is 17.1 Å². The molecule has 0 spiro atoms. The van der Waals surface area contributed by atoms with Crippen molar-refractivity contribution in [2.45, 2.75) is 13.3 Å². The number of carbonyl (C=O) groups excluding carboxylic acids is 2. The van der Waals surface area contributed by atoms with E-state index in [0.29, 0.717) is 11.1 Å². The number of carbonyl (C=O) groups is 2. The summed E-state index contributed by atoms with van der Waals surface area (Å²) in [4.78, 5) is 24.3. The Bertz CT molecular complexity index is 961. The molecule has 2 aromatic carbocycles. The number of nitrogens with one attached hydrogen (secondary N) is 1. The zero-order chi connectivity index (χ0) is 20.0. The van der Waals surface area contributed by atoms with Crippen LogP contribution in [-0.4, -0.2) is 24.1 Å². The summed E-state index contributed by atoms with van der Waals surface area (Å²) < 4.78 is 18.3. The van der Waals surface area contributed by atoms with Crippen LogP contribution in [0.25, 0.3) is 11.1 Å². The van der Waals surface area contributed by atoms with E-state index < -0.39 is 23.3 Å². The van der Waals surface area contributed by atoms with E-state index in [9.17, 15) is 19.1 Å². The van der Waals surface area contributed by atoms with Crippen molar-refractivity contribution >= 4 is 17.6 Å². The van der Waals surface area contributed by atoms with Gasteiger partial charge in [0, 0.05) is 12.1 Å². The highest BCUT2D eigenvalue weighted by molar-refractivity contribution is 6.08. The highest BCUT2D eigenvalue weighted by Gasteiger charge is 2.18. The molecule has 0 saturated carbocycles. The van der Waals surface area contributed by atoms with Crippen molar-refractivity contribution in [2.24, 2.45) is 0 Å². The number of nitriles is 1. The predicted octanol–water partition coefficient (Wildman–Crippen LogP) is 3.96. The van der Waals surface area contributed by atoms with Gasteiger partial charge < -0.3 is 15.2 Å². The number of aliphatic hydroxyl groups excluding tert-OH is 1. The van der Waals surface area contributed by atoms with Crippen molar-refractivity contribution < 1.29 is 23.8 Å². The molecule has 0 aromatic heterocycles. The monoisotopic (exact) mass is 368 g/mol. The largest absolute Gasteiger partial charge is 0.511 e. The van der Waals surface area contributed by atoms with E-state index in [1.54, 1.807) is 19.1 Å². The molecule has 0 fully saturated rings. The third-order valence-corrected chi connectivity index (χ3v) is 3.78. The minimum atomic E-state index is -0.800. The number of hydrogen-bond donors (Lipinski definition) is 2. The molecule has 0 aliphatic heterocycles. The van der Waals surface area contributed by atoms with Gasteiger partial charge in [-0.25, -0.2) is 9.18 Å². The number of amides is 1. The summed E-state index contributed by atoms with van der Waals surface area (Å²) in [6, 6.07) is 11.8. The van der Waals surface area contributed by atoms with Gasteiger partial charge in [0.15, 0.2) is 5.57 Å². The molecule has 0 heterocycles. The van der Waals surface area contributed by atoms with Gasteiger partial charge in [-0.05, 0) is 35.4 Å². The summed E-state index contributed by atoms with van der Waals surface area (Å²) in [5.74, 6) is -2.26. The van der Waals surface area contributed by atoms with Crippen molar-refractivity contribution in [3.8, 4) is 17.2 Å². The van der Waals surface area contributed by atoms with Crippen LogP contribution in [0.3, 0.4) is 0 Å². The number of rotatable bonds is 5. The predicted molar refractivity (Wildman–Crippen MR) is 97.4 cm³/mol. The average molecular weight is 368 g/mol. The Morgan fingerprint density at radius 2 is 2.00 bits per heavy atom. The molecule has 138 valence electrons. The van der Waals surface area contributed by atoms with Crippen LogP contribution >= 0.6 is 0 Å². The third-order valence-electron chi connectivity index (χ3n) is 3.78. The quantitative estimate of drug-likeness (QED) is 0.360. The number of benzene rings is 2. The molecule has 0 aliphatic rings. The van der Waals surface area contributed by atoms with E-state index in [-0.39, 0.29) is 23.4 Å². The molecule has 0 bridgehead atoms. The van der Waals surface area contributed by atoms with Crippen LogP contribution in [-0.2, 0) is 9.53 Å². The van der Waals surface area contributed by atoms with Gasteiger partial charge in [0.2, 0.25) is 0 Å². The van der Waals surface area contributed by atoms with Crippen molar-refractivity contribution in [3.63, 3.8) is 0 Å². The van der Waals surface area contributed by atoms with Gasteiger partial charge in [0.25, 0.3) is 5.91 Å². The fraction of sp³-hybridized carbons (Fsp3) is 0.150. The van der Waals surface area contributed by atoms with Crippen LogP contribution in [0.15, 0.2) is 53.8 Å². The fourth-order valence-electron chi connectivity index (χ4n) is 2.43. The Morgan fingerprint density at radius 1 is 1.26 bits per heavy atom. The summed E-state index contributed by atoms with van der Waals surface area (Å²) >= 11 is 0. The molecule has 0 aliphatic carbocycles. The Kier molecular flexibility index (Phi) is 6.28. The molecule has 2 N–H and O–H groups in total. The van der Waals surface area contributed by atoms with Crippen LogP contribution in [0.1, 0.15) is 23.7 Å². The van der Waals surface area contributed by atoms with Crippen molar-refractivity contribution in [1.82, 2.24) is 0 Å². The first-order valence-electron chi connectivity index (χ1n) is 8.03. The first-order chi connectivity index (χ1) is 12.9. The zero-order valence-corrected chi connectivity index (χ0v) is 14.7. The zero-order valence-electron chi connectivity index (χ0n) is 14.7.